The summed E-state index contributed by atoms with van der Waals surface area (Å²) in [6.45, 7) is 2.80. The summed E-state index contributed by atoms with van der Waals surface area (Å²) in [6, 6.07) is 6.02. The lowest BCUT2D eigenvalue weighted by atomic mass is 9.98. The van der Waals surface area contributed by atoms with E-state index >= 15 is 0 Å². The fourth-order valence-electron chi connectivity index (χ4n) is 2.08. The molecule has 0 unspecified atom stereocenters. The number of nitrogen functional groups attached to an aromatic ring is 1. The third-order valence-electron chi connectivity index (χ3n) is 3.19. The van der Waals surface area contributed by atoms with Gasteiger partial charge in [-0.25, -0.2) is 0 Å². The molecule has 0 spiro atoms. The lowest BCUT2D eigenvalue weighted by Crippen LogP contribution is -2.13. The van der Waals surface area contributed by atoms with Crippen LogP contribution in [0.1, 0.15) is 17.4 Å². The predicted octanol–water partition coefficient (Wildman–Crippen LogP) is 2.33. The monoisotopic (exact) mass is 277 g/mol. The Balaban J connectivity index is 2.56. The van der Waals surface area contributed by atoms with E-state index in [2.05, 4.69) is 13.0 Å². The molecule has 0 saturated heterocycles. The SMILES string of the molecule is COc1ccc(C[C@@H](C)CN)c2cc(C(=N)N)sc12. The first-order valence-electron chi connectivity index (χ1n) is 6.20. The molecule has 0 radical (unpaired) electrons. The Bertz CT molecular complexity index is 606. The molecule has 1 atom stereocenters. The normalized spacial score (nSPS) is 12.6. The maximum absolute atomic E-state index is 7.57. The minimum Gasteiger partial charge on any atom is -0.495 e. The van der Waals surface area contributed by atoms with Gasteiger partial charge in [0.2, 0.25) is 0 Å². The van der Waals surface area contributed by atoms with Crippen molar-refractivity contribution in [2.75, 3.05) is 13.7 Å². The van der Waals surface area contributed by atoms with E-state index in [0.29, 0.717) is 12.5 Å². The Morgan fingerprint density at radius 3 is 2.79 bits per heavy atom. The Morgan fingerprint density at radius 1 is 1.47 bits per heavy atom. The fraction of sp³-hybridized carbons (Fsp3) is 0.357. The molecule has 4 nitrogen and oxygen atoms in total. The summed E-state index contributed by atoms with van der Waals surface area (Å²) in [6.07, 6.45) is 0.922. The van der Waals surface area contributed by atoms with Crippen molar-refractivity contribution < 1.29 is 4.74 Å². The molecular formula is C14H19N3OS. The molecule has 0 bridgehead atoms. The third kappa shape index (κ3) is 2.72. The molecule has 2 rings (SSSR count). The molecule has 0 fully saturated rings. The zero-order valence-corrected chi connectivity index (χ0v) is 12.0. The van der Waals surface area contributed by atoms with Crippen LogP contribution in [-0.4, -0.2) is 19.5 Å². The minimum absolute atomic E-state index is 0.0982. The van der Waals surface area contributed by atoms with E-state index in [1.54, 1.807) is 7.11 Å². The number of ether oxygens (including phenoxy) is 1. The van der Waals surface area contributed by atoms with Crippen LogP contribution in [0.25, 0.3) is 10.1 Å². The number of nitrogens with two attached hydrogens (primary N) is 2. The molecule has 2 aromatic rings. The Kier molecular flexibility index (Phi) is 4.07. The largest absolute Gasteiger partial charge is 0.495 e. The van der Waals surface area contributed by atoms with E-state index in [9.17, 15) is 0 Å². The van der Waals surface area contributed by atoms with E-state index in [4.69, 9.17) is 21.6 Å². The van der Waals surface area contributed by atoms with Gasteiger partial charge in [0, 0.05) is 5.39 Å². The first-order chi connectivity index (χ1) is 9.06. The highest BCUT2D eigenvalue weighted by Gasteiger charge is 2.13. The van der Waals surface area contributed by atoms with E-state index in [-0.39, 0.29) is 5.84 Å². The van der Waals surface area contributed by atoms with Crippen molar-refractivity contribution in [2.24, 2.45) is 17.4 Å². The highest BCUT2D eigenvalue weighted by molar-refractivity contribution is 7.21. The maximum atomic E-state index is 7.57. The fourth-order valence-corrected chi connectivity index (χ4v) is 3.14. The highest BCUT2D eigenvalue weighted by atomic mass is 32.1. The second kappa shape index (κ2) is 5.59. The van der Waals surface area contributed by atoms with Crippen molar-refractivity contribution >= 4 is 27.3 Å². The summed E-state index contributed by atoms with van der Waals surface area (Å²) in [5.41, 5.74) is 12.5. The number of nitrogens with one attached hydrogen (secondary N) is 1. The van der Waals surface area contributed by atoms with Crippen LogP contribution in [0.15, 0.2) is 18.2 Å². The minimum atomic E-state index is 0.0982. The number of benzene rings is 1. The molecule has 5 N–H and O–H groups in total. The summed E-state index contributed by atoms with van der Waals surface area (Å²) in [5, 5.41) is 8.69. The predicted molar refractivity (Wildman–Crippen MR) is 81.3 cm³/mol. The Labute approximate surface area is 116 Å². The van der Waals surface area contributed by atoms with E-state index in [1.807, 2.05) is 12.1 Å². The van der Waals surface area contributed by atoms with Crippen molar-refractivity contribution in [3.05, 3.63) is 28.6 Å². The van der Waals surface area contributed by atoms with Gasteiger partial charge in [-0.15, -0.1) is 11.3 Å². The summed E-state index contributed by atoms with van der Waals surface area (Å²) in [5.74, 6) is 1.36. The van der Waals surface area contributed by atoms with Crippen LogP contribution < -0.4 is 16.2 Å². The van der Waals surface area contributed by atoms with Crippen LogP contribution in [0.3, 0.4) is 0 Å². The summed E-state index contributed by atoms with van der Waals surface area (Å²) >= 11 is 1.50. The maximum Gasteiger partial charge on any atom is 0.136 e. The average Bonchev–Trinajstić information content (AvgIpc) is 2.84. The number of amidine groups is 1. The molecule has 0 amide bonds. The van der Waals surface area contributed by atoms with Gasteiger partial charge in [0.25, 0.3) is 0 Å². The number of hydrogen-bond acceptors (Lipinski definition) is 4. The molecule has 0 saturated carbocycles. The van der Waals surface area contributed by atoms with Gasteiger partial charge in [0.15, 0.2) is 0 Å². The molecule has 1 aromatic heterocycles. The Morgan fingerprint density at radius 2 is 2.21 bits per heavy atom. The van der Waals surface area contributed by atoms with Crippen molar-refractivity contribution in [1.29, 1.82) is 5.41 Å². The molecule has 5 heteroatoms. The average molecular weight is 277 g/mol. The second-order valence-electron chi connectivity index (χ2n) is 4.74. The van der Waals surface area contributed by atoms with Crippen molar-refractivity contribution in [2.45, 2.75) is 13.3 Å². The van der Waals surface area contributed by atoms with Gasteiger partial charge in [0.05, 0.1) is 16.7 Å². The first-order valence-corrected chi connectivity index (χ1v) is 7.02. The molecule has 0 aliphatic heterocycles. The highest BCUT2D eigenvalue weighted by Crippen LogP contribution is 2.36. The molecule has 0 aliphatic carbocycles. The van der Waals surface area contributed by atoms with Gasteiger partial charge in [-0.2, -0.15) is 0 Å². The van der Waals surface area contributed by atoms with Gasteiger partial charge in [-0.1, -0.05) is 13.0 Å². The molecule has 1 heterocycles. The number of thiophene rings is 1. The molecule has 0 aliphatic rings. The second-order valence-corrected chi connectivity index (χ2v) is 5.79. The number of rotatable bonds is 5. The molecule has 19 heavy (non-hydrogen) atoms. The van der Waals surface area contributed by atoms with Crippen molar-refractivity contribution in [1.82, 2.24) is 0 Å². The number of hydrogen-bond donors (Lipinski definition) is 3. The first kappa shape index (κ1) is 13.8. The number of methoxy groups -OCH3 is 1. The summed E-state index contributed by atoms with van der Waals surface area (Å²) < 4.78 is 6.43. The van der Waals surface area contributed by atoms with Gasteiger partial charge in [0.1, 0.15) is 11.6 Å². The van der Waals surface area contributed by atoms with E-state index in [1.165, 1.54) is 16.9 Å². The van der Waals surface area contributed by atoms with Crippen LogP contribution in [0, 0.1) is 11.3 Å². The topological polar surface area (TPSA) is 85.1 Å². The molecule has 1 aromatic carbocycles. The quantitative estimate of drug-likeness (QED) is 0.579. The van der Waals surface area contributed by atoms with Gasteiger partial charge in [-0.3, -0.25) is 5.41 Å². The molecular weight excluding hydrogens is 258 g/mol. The number of fused-ring (bicyclic) bond motifs is 1. The standard InChI is InChI=1S/C14H19N3OS/c1-8(7-15)5-9-3-4-11(18-2)13-10(9)6-12(19-13)14(16)17/h3-4,6,8H,5,7,15H2,1-2H3,(H3,16,17)/t8-/m1/s1. The van der Waals surface area contributed by atoms with Gasteiger partial charge in [-0.05, 0) is 36.6 Å². The van der Waals surface area contributed by atoms with Crippen LogP contribution in [0.2, 0.25) is 0 Å². The Hall–Kier alpha value is -1.59. The van der Waals surface area contributed by atoms with Gasteiger partial charge < -0.3 is 16.2 Å². The molecule has 102 valence electrons. The van der Waals surface area contributed by atoms with E-state index in [0.717, 1.165) is 27.1 Å². The van der Waals surface area contributed by atoms with Crippen LogP contribution in [0.4, 0.5) is 0 Å². The summed E-state index contributed by atoms with van der Waals surface area (Å²) in [7, 11) is 1.66. The van der Waals surface area contributed by atoms with Crippen LogP contribution in [0.5, 0.6) is 5.75 Å². The third-order valence-corrected chi connectivity index (χ3v) is 4.38. The lowest BCUT2D eigenvalue weighted by Gasteiger charge is -2.11. The van der Waals surface area contributed by atoms with Crippen LogP contribution >= 0.6 is 11.3 Å². The summed E-state index contributed by atoms with van der Waals surface area (Å²) in [4.78, 5) is 0.779. The van der Waals surface area contributed by atoms with Crippen molar-refractivity contribution in [3.8, 4) is 5.75 Å². The van der Waals surface area contributed by atoms with Crippen LogP contribution in [-0.2, 0) is 6.42 Å². The smallest absolute Gasteiger partial charge is 0.136 e. The van der Waals surface area contributed by atoms with E-state index < -0.39 is 0 Å². The lowest BCUT2D eigenvalue weighted by molar-refractivity contribution is 0.420. The zero-order chi connectivity index (χ0) is 14.0. The van der Waals surface area contributed by atoms with Crippen molar-refractivity contribution in [3.63, 3.8) is 0 Å². The van der Waals surface area contributed by atoms with Gasteiger partial charge >= 0.3 is 0 Å². The zero-order valence-electron chi connectivity index (χ0n) is 11.2.